The van der Waals surface area contributed by atoms with Gasteiger partial charge in [-0.1, -0.05) is 33.8 Å². The van der Waals surface area contributed by atoms with Crippen molar-refractivity contribution in [3.63, 3.8) is 0 Å². The molecule has 0 radical (unpaired) electrons. The monoisotopic (exact) mass is 317 g/mol. The van der Waals surface area contributed by atoms with Gasteiger partial charge in [0.25, 0.3) is 0 Å². The van der Waals surface area contributed by atoms with Crippen LogP contribution in [0.3, 0.4) is 0 Å². The molecule has 2 aromatic rings. The molecule has 0 aliphatic carbocycles. The van der Waals surface area contributed by atoms with Crippen molar-refractivity contribution in [2.45, 2.75) is 46.4 Å². The number of rotatable bonds is 3. The smallest absolute Gasteiger partial charge is 0.152 e. The Morgan fingerprint density at radius 3 is 2.61 bits per heavy atom. The summed E-state index contributed by atoms with van der Waals surface area (Å²) in [4.78, 5) is 11.4. The maximum atomic E-state index is 14.2. The van der Waals surface area contributed by atoms with E-state index in [4.69, 9.17) is 4.74 Å². The highest BCUT2D eigenvalue weighted by atomic mass is 19.1. The number of halogens is 1. The first kappa shape index (κ1) is 16.2. The molecule has 3 nitrogen and oxygen atoms in total. The van der Waals surface area contributed by atoms with Gasteiger partial charge >= 0.3 is 0 Å². The Balaban J connectivity index is 2.12. The molecule has 1 aliphatic rings. The van der Waals surface area contributed by atoms with Crippen LogP contribution in [0.15, 0.2) is 24.4 Å². The Kier molecular flexibility index (Phi) is 4.28. The van der Waals surface area contributed by atoms with Crippen LogP contribution in [-0.4, -0.2) is 17.0 Å². The normalized spacial score (nSPS) is 31.4. The fourth-order valence-corrected chi connectivity index (χ4v) is 3.89. The molecular weight excluding hydrogens is 293 g/mol. The Hall–Kier alpha value is -1.68. The number of benzene rings is 1. The van der Waals surface area contributed by atoms with Crippen LogP contribution in [0.1, 0.15) is 50.7 Å². The molecule has 0 amide bonds. The minimum atomic E-state index is -0.361. The zero-order valence-corrected chi connectivity index (χ0v) is 14.1. The average Bonchev–Trinajstić information content (AvgIpc) is 2.93. The van der Waals surface area contributed by atoms with Crippen LogP contribution in [0.4, 0.5) is 4.39 Å². The number of carbonyl (C=O) groups excluding carboxylic acids is 1. The highest BCUT2D eigenvalue weighted by Gasteiger charge is 2.39. The van der Waals surface area contributed by atoms with E-state index < -0.39 is 0 Å². The van der Waals surface area contributed by atoms with E-state index in [1.165, 1.54) is 6.07 Å². The van der Waals surface area contributed by atoms with E-state index in [1.807, 2.05) is 10.6 Å². The molecule has 3 rings (SSSR count). The molecular formula is C19H24FNO2. The van der Waals surface area contributed by atoms with Crippen molar-refractivity contribution in [1.82, 2.24) is 4.57 Å². The predicted octanol–water partition coefficient (Wildman–Crippen LogP) is 4.81. The molecule has 0 saturated carbocycles. The van der Waals surface area contributed by atoms with Gasteiger partial charge in [-0.25, -0.2) is 4.39 Å². The first-order valence-electron chi connectivity index (χ1n) is 8.39. The molecule has 0 spiro atoms. The molecule has 1 saturated heterocycles. The first-order valence-corrected chi connectivity index (χ1v) is 8.39. The Bertz CT molecular complexity index is 721. The second-order valence-corrected chi connectivity index (χ2v) is 6.79. The third-order valence-corrected chi connectivity index (χ3v) is 5.65. The van der Waals surface area contributed by atoms with Gasteiger partial charge in [0, 0.05) is 23.1 Å². The summed E-state index contributed by atoms with van der Waals surface area (Å²) in [6.45, 7) is 8.78. The number of hydrogen-bond donors (Lipinski definition) is 0. The Labute approximate surface area is 136 Å². The number of ether oxygens (including phenoxy) is 1. The largest absolute Gasteiger partial charge is 0.354 e. The van der Waals surface area contributed by atoms with Crippen LogP contribution >= 0.6 is 0 Å². The van der Waals surface area contributed by atoms with Gasteiger partial charge in [0.2, 0.25) is 0 Å². The summed E-state index contributed by atoms with van der Waals surface area (Å²) in [5, 5.41) is 0.387. The SMILES string of the molecule is CC[C@H]1O[C@@H](n2cc(C=O)c3c(F)cccc32)[C@H](C)[C@@H](C)[C@@H]1C. The molecule has 5 atom stereocenters. The van der Waals surface area contributed by atoms with Crippen molar-refractivity contribution in [3.8, 4) is 0 Å². The van der Waals surface area contributed by atoms with Gasteiger partial charge in [0.15, 0.2) is 6.29 Å². The third-order valence-electron chi connectivity index (χ3n) is 5.65. The molecule has 124 valence electrons. The highest BCUT2D eigenvalue weighted by Crippen LogP contribution is 2.42. The fraction of sp³-hybridized carbons (Fsp3) is 0.526. The number of fused-ring (bicyclic) bond motifs is 1. The fourth-order valence-electron chi connectivity index (χ4n) is 3.89. The minimum Gasteiger partial charge on any atom is -0.354 e. The number of carbonyl (C=O) groups is 1. The predicted molar refractivity (Wildman–Crippen MR) is 89.0 cm³/mol. The molecule has 1 fully saturated rings. The van der Waals surface area contributed by atoms with Crippen LogP contribution < -0.4 is 0 Å². The van der Waals surface area contributed by atoms with E-state index in [9.17, 15) is 9.18 Å². The number of aldehydes is 1. The quantitative estimate of drug-likeness (QED) is 0.761. The number of nitrogens with zero attached hydrogens (tertiary/aromatic N) is 1. The van der Waals surface area contributed by atoms with Crippen molar-refractivity contribution in [2.24, 2.45) is 17.8 Å². The van der Waals surface area contributed by atoms with Gasteiger partial charge < -0.3 is 9.30 Å². The van der Waals surface area contributed by atoms with E-state index in [1.54, 1.807) is 12.3 Å². The van der Waals surface area contributed by atoms with E-state index in [0.29, 0.717) is 22.8 Å². The molecule has 0 bridgehead atoms. The zero-order chi connectivity index (χ0) is 16.7. The molecule has 4 heteroatoms. The van der Waals surface area contributed by atoms with Crippen molar-refractivity contribution >= 4 is 17.2 Å². The van der Waals surface area contributed by atoms with Gasteiger partial charge in [0.05, 0.1) is 11.6 Å². The lowest BCUT2D eigenvalue weighted by atomic mass is 9.77. The lowest BCUT2D eigenvalue weighted by Gasteiger charge is -2.44. The summed E-state index contributed by atoms with van der Waals surface area (Å²) >= 11 is 0. The van der Waals surface area contributed by atoms with E-state index in [2.05, 4.69) is 27.7 Å². The molecule has 1 aliphatic heterocycles. The summed E-state index contributed by atoms with van der Waals surface area (Å²) in [5.41, 5.74) is 1.11. The number of hydrogen-bond acceptors (Lipinski definition) is 2. The average molecular weight is 317 g/mol. The van der Waals surface area contributed by atoms with Crippen molar-refractivity contribution in [3.05, 3.63) is 35.8 Å². The van der Waals surface area contributed by atoms with Gasteiger partial charge in [-0.15, -0.1) is 0 Å². The molecule has 0 N–H and O–H groups in total. The van der Waals surface area contributed by atoms with Crippen LogP contribution in [0.5, 0.6) is 0 Å². The minimum absolute atomic E-state index is 0.177. The van der Waals surface area contributed by atoms with E-state index in [0.717, 1.165) is 18.2 Å². The Morgan fingerprint density at radius 1 is 1.22 bits per heavy atom. The van der Waals surface area contributed by atoms with Crippen LogP contribution in [0.2, 0.25) is 0 Å². The van der Waals surface area contributed by atoms with Crippen LogP contribution in [-0.2, 0) is 4.74 Å². The maximum absolute atomic E-state index is 14.2. The summed E-state index contributed by atoms with van der Waals surface area (Å²) < 4.78 is 22.5. The van der Waals surface area contributed by atoms with Gasteiger partial charge in [-0.2, -0.15) is 0 Å². The van der Waals surface area contributed by atoms with E-state index in [-0.39, 0.29) is 24.1 Å². The van der Waals surface area contributed by atoms with Crippen molar-refractivity contribution in [2.75, 3.05) is 0 Å². The summed E-state index contributed by atoms with van der Waals surface area (Å²) in [7, 11) is 0. The van der Waals surface area contributed by atoms with Crippen molar-refractivity contribution in [1.29, 1.82) is 0 Å². The third kappa shape index (κ3) is 2.49. The van der Waals surface area contributed by atoms with Gasteiger partial charge in [-0.3, -0.25) is 4.79 Å². The van der Waals surface area contributed by atoms with Crippen LogP contribution in [0.25, 0.3) is 10.9 Å². The lowest BCUT2D eigenvalue weighted by molar-refractivity contribution is -0.166. The molecule has 1 aromatic carbocycles. The van der Waals surface area contributed by atoms with Gasteiger partial charge in [-0.05, 0) is 30.4 Å². The molecule has 2 heterocycles. The zero-order valence-electron chi connectivity index (χ0n) is 14.1. The second-order valence-electron chi connectivity index (χ2n) is 6.79. The first-order chi connectivity index (χ1) is 11.0. The van der Waals surface area contributed by atoms with Gasteiger partial charge in [0.1, 0.15) is 12.0 Å². The molecule has 1 aromatic heterocycles. The molecule has 23 heavy (non-hydrogen) atoms. The summed E-state index contributed by atoms with van der Waals surface area (Å²) in [6.07, 6.45) is 3.40. The lowest BCUT2D eigenvalue weighted by Crippen LogP contribution is -2.42. The summed E-state index contributed by atoms with van der Waals surface area (Å²) in [6, 6.07) is 4.93. The standard InChI is InChI=1S/C19H24FNO2/c1-5-17-12(3)11(2)13(4)19(23-17)21-9-14(10-22)18-15(20)7-6-8-16(18)21/h6-13,17,19H,5H2,1-4H3/t11-,12-,13+,17+,19+/m0/s1. The maximum Gasteiger partial charge on any atom is 0.152 e. The summed E-state index contributed by atoms with van der Waals surface area (Å²) in [5.74, 6) is 0.895. The highest BCUT2D eigenvalue weighted by molar-refractivity contribution is 5.98. The number of aromatic nitrogens is 1. The van der Waals surface area contributed by atoms with Crippen molar-refractivity contribution < 1.29 is 13.9 Å². The van der Waals surface area contributed by atoms with Crippen LogP contribution in [0, 0.1) is 23.6 Å². The topological polar surface area (TPSA) is 31.2 Å². The van der Waals surface area contributed by atoms with E-state index >= 15 is 0 Å². The Morgan fingerprint density at radius 2 is 1.96 bits per heavy atom. The molecule has 0 unspecified atom stereocenters. The second kappa shape index (κ2) is 6.08.